The Kier molecular flexibility index (Phi) is 5.10. The van der Waals surface area contributed by atoms with E-state index in [1.807, 2.05) is 17.1 Å². The molecular formula is C26H28N2O5. The molecule has 2 saturated heterocycles. The monoisotopic (exact) mass is 448 g/mol. The van der Waals surface area contributed by atoms with E-state index >= 15 is 0 Å². The van der Waals surface area contributed by atoms with Crippen LogP contribution in [0.15, 0.2) is 36.4 Å². The van der Waals surface area contributed by atoms with Crippen LogP contribution in [0.25, 0.3) is 0 Å². The number of hydrogen-bond acceptors (Lipinski definition) is 6. The first kappa shape index (κ1) is 21.0. The number of aliphatic hydroxyl groups is 1. The predicted octanol–water partition coefficient (Wildman–Crippen LogP) is 2.76. The van der Waals surface area contributed by atoms with Gasteiger partial charge in [-0.05, 0) is 64.3 Å². The van der Waals surface area contributed by atoms with E-state index in [2.05, 4.69) is 24.3 Å². The molecule has 0 radical (unpaired) electrons. The van der Waals surface area contributed by atoms with Gasteiger partial charge in [0.1, 0.15) is 5.60 Å². The lowest BCUT2D eigenvalue weighted by Gasteiger charge is -2.44. The summed E-state index contributed by atoms with van der Waals surface area (Å²) in [5.41, 5.74) is 5.16. The lowest BCUT2D eigenvalue weighted by atomic mass is 9.71. The van der Waals surface area contributed by atoms with Gasteiger partial charge in [0.25, 0.3) is 0 Å². The summed E-state index contributed by atoms with van der Waals surface area (Å²) in [7, 11) is 0. The van der Waals surface area contributed by atoms with E-state index in [0.29, 0.717) is 52.4 Å². The molecule has 0 saturated carbocycles. The lowest BCUT2D eigenvalue weighted by Crippen LogP contribution is -2.52. The summed E-state index contributed by atoms with van der Waals surface area (Å²) in [4.78, 5) is 24.4. The number of hydrogen-bond donors (Lipinski definition) is 1. The number of piperidine rings is 1. The number of carbonyl (C=O) groups excluding carboxylic acids is 2. The highest BCUT2D eigenvalue weighted by molar-refractivity contribution is 6.01. The van der Waals surface area contributed by atoms with Crippen LogP contribution in [0.2, 0.25) is 0 Å². The van der Waals surface area contributed by atoms with Gasteiger partial charge in [0.05, 0.1) is 26.4 Å². The Bertz CT molecular complexity index is 1050. The van der Waals surface area contributed by atoms with E-state index in [-0.39, 0.29) is 30.6 Å². The highest BCUT2D eigenvalue weighted by Crippen LogP contribution is 2.44. The van der Waals surface area contributed by atoms with Crippen LogP contribution >= 0.6 is 0 Å². The van der Waals surface area contributed by atoms with Crippen molar-refractivity contribution in [1.29, 1.82) is 0 Å². The van der Waals surface area contributed by atoms with Crippen LogP contribution < -0.4 is 0 Å². The Morgan fingerprint density at radius 2 is 1.24 bits per heavy atom. The summed E-state index contributed by atoms with van der Waals surface area (Å²) in [6, 6.07) is 12.4. The molecule has 33 heavy (non-hydrogen) atoms. The van der Waals surface area contributed by atoms with Crippen molar-refractivity contribution in [3.8, 4) is 0 Å². The summed E-state index contributed by atoms with van der Waals surface area (Å²) in [5, 5.41) is 15.6. The van der Waals surface area contributed by atoms with Gasteiger partial charge in [-0.1, -0.05) is 24.3 Å². The number of rotatable bonds is 4. The summed E-state index contributed by atoms with van der Waals surface area (Å²) in [5.74, 6) is -0.292. The highest BCUT2D eigenvalue weighted by Gasteiger charge is 2.44. The molecule has 1 N–H and O–H groups in total. The van der Waals surface area contributed by atoms with E-state index in [0.717, 1.165) is 22.3 Å². The fourth-order valence-corrected chi connectivity index (χ4v) is 5.82. The molecule has 0 spiro atoms. The van der Waals surface area contributed by atoms with E-state index in [1.165, 1.54) is 16.1 Å². The van der Waals surface area contributed by atoms with Crippen molar-refractivity contribution in [3.63, 3.8) is 0 Å². The maximum absolute atomic E-state index is 12.4. The first-order chi connectivity index (χ1) is 16.0. The van der Waals surface area contributed by atoms with Crippen molar-refractivity contribution in [2.24, 2.45) is 5.92 Å². The molecule has 0 bridgehead atoms. The molecule has 172 valence electrons. The fraction of sp³-hybridized carbons (Fsp3) is 0.462. The largest absolute Gasteiger partial charge is 0.380 e. The second kappa shape index (κ2) is 8.02. The quantitative estimate of drug-likeness (QED) is 0.725. The number of benzene rings is 2. The zero-order valence-electron chi connectivity index (χ0n) is 18.6. The van der Waals surface area contributed by atoms with Crippen molar-refractivity contribution >= 4 is 11.8 Å². The number of imide groups is 1. The zero-order chi connectivity index (χ0) is 22.6. The van der Waals surface area contributed by atoms with Crippen LogP contribution in [0.3, 0.4) is 0 Å². The molecule has 4 aliphatic rings. The van der Waals surface area contributed by atoms with Gasteiger partial charge in [0, 0.05) is 25.9 Å². The third kappa shape index (κ3) is 3.42. The second-order valence-corrected chi connectivity index (χ2v) is 9.55. The Morgan fingerprint density at radius 3 is 1.76 bits per heavy atom. The smallest absolute Gasteiger partial charge is 0.244 e. The van der Waals surface area contributed by atoms with Crippen LogP contribution in [-0.2, 0) is 51.1 Å². The molecule has 6 rings (SSSR count). The molecule has 7 nitrogen and oxygen atoms in total. The van der Waals surface area contributed by atoms with Crippen molar-refractivity contribution in [2.75, 3.05) is 13.1 Å². The molecule has 2 amide bonds. The molecule has 0 atom stereocenters. The summed E-state index contributed by atoms with van der Waals surface area (Å²) in [6.07, 6.45) is 1.93. The highest BCUT2D eigenvalue weighted by atomic mass is 16.5. The third-order valence-electron chi connectivity index (χ3n) is 7.69. The van der Waals surface area contributed by atoms with Crippen molar-refractivity contribution in [2.45, 2.75) is 57.7 Å². The van der Waals surface area contributed by atoms with Gasteiger partial charge in [-0.15, -0.1) is 0 Å². The van der Waals surface area contributed by atoms with Gasteiger partial charge in [0.15, 0.2) is 0 Å². The van der Waals surface area contributed by atoms with Gasteiger partial charge < -0.3 is 14.6 Å². The number of ether oxygens (including phenoxy) is 2. The number of nitrogens with zero attached hydrogens (tertiary/aromatic N) is 2. The fourth-order valence-electron chi connectivity index (χ4n) is 5.82. The van der Waals surface area contributed by atoms with Crippen molar-refractivity contribution in [1.82, 2.24) is 10.0 Å². The van der Waals surface area contributed by atoms with Crippen LogP contribution in [0, 0.1) is 5.92 Å². The molecule has 7 heteroatoms. The van der Waals surface area contributed by atoms with Gasteiger partial charge in [-0.2, -0.15) is 0 Å². The first-order valence-electron chi connectivity index (χ1n) is 11.8. The molecule has 2 aromatic rings. The van der Waals surface area contributed by atoms with E-state index < -0.39 is 5.60 Å². The number of fused-ring (bicyclic) bond motifs is 2. The minimum Gasteiger partial charge on any atom is -0.380 e. The molecule has 2 fully saturated rings. The third-order valence-corrected chi connectivity index (χ3v) is 7.69. The Morgan fingerprint density at radius 1 is 0.758 bits per heavy atom. The molecule has 0 unspecified atom stereocenters. The zero-order valence-corrected chi connectivity index (χ0v) is 18.6. The van der Waals surface area contributed by atoms with Gasteiger partial charge >= 0.3 is 0 Å². The number of amides is 2. The van der Waals surface area contributed by atoms with Crippen LogP contribution in [0.4, 0.5) is 0 Å². The van der Waals surface area contributed by atoms with E-state index in [9.17, 15) is 14.7 Å². The first-order valence-corrected chi connectivity index (χ1v) is 11.8. The Balaban J connectivity index is 1.35. The Hall–Kier alpha value is -2.58. The van der Waals surface area contributed by atoms with Crippen molar-refractivity contribution < 1.29 is 24.2 Å². The van der Waals surface area contributed by atoms with Crippen LogP contribution in [0.1, 0.15) is 59.1 Å². The normalized spacial score (nSPS) is 21.7. The second-order valence-electron chi connectivity index (χ2n) is 9.55. The SMILES string of the molecule is O=C1CCC(=O)N1N1CCC(C(O)(c2ccc3c(c2)COC3)c2ccc3c(c2)COC3)CC1. The van der Waals surface area contributed by atoms with Crippen LogP contribution in [-0.4, -0.2) is 40.0 Å². The maximum Gasteiger partial charge on any atom is 0.244 e. The average molecular weight is 449 g/mol. The Labute approximate surface area is 192 Å². The summed E-state index contributed by atoms with van der Waals surface area (Å²) >= 11 is 0. The molecule has 0 aliphatic carbocycles. The summed E-state index contributed by atoms with van der Waals surface area (Å²) in [6.45, 7) is 3.48. The van der Waals surface area contributed by atoms with Gasteiger partial charge in [0.2, 0.25) is 11.8 Å². The molecular weight excluding hydrogens is 420 g/mol. The molecule has 0 aromatic heterocycles. The average Bonchev–Trinajstić information content (AvgIpc) is 3.57. The standard InChI is InChI=1S/C26H28N2O5/c29-24-5-6-25(30)28(24)27-9-7-21(8-10-27)26(31,22-3-1-17-13-32-15-19(17)11-22)23-4-2-18-14-33-16-20(18)12-23/h1-4,11-12,21,31H,5-10,13-16H2. The van der Waals surface area contributed by atoms with Gasteiger partial charge in [-0.3, -0.25) is 9.59 Å². The number of hydrazine groups is 1. The van der Waals surface area contributed by atoms with E-state index in [1.54, 1.807) is 0 Å². The maximum atomic E-state index is 12.4. The predicted molar refractivity (Wildman–Crippen MR) is 118 cm³/mol. The minimum atomic E-state index is -1.18. The lowest BCUT2D eigenvalue weighted by molar-refractivity contribution is -0.161. The number of carbonyl (C=O) groups is 2. The molecule has 4 aliphatic heterocycles. The van der Waals surface area contributed by atoms with Crippen LogP contribution in [0.5, 0.6) is 0 Å². The summed E-state index contributed by atoms with van der Waals surface area (Å²) < 4.78 is 11.2. The van der Waals surface area contributed by atoms with E-state index in [4.69, 9.17) is 9.47 Å². The van der Waals surface area contributed by atoms with Crippen molar-refractivity contribution in [3.05, 3.63) is 69.8 Å². The topological polar surface area (TPSA) is 79.3 Å². The molecule has 4 heterocycles. The minimum absolute atomic E-state index is 0.0534. The van der Waals surface area contributed by atoms with Gasteiger partial charge in [-0.25, -0.2) is 10.0 Å². The molecule has 2 aromatic carbocycles.